The summed E-state index contributed by atoms with van der Waals surface area (Å²) in [4.78, 5) is 12.1. The van der Waals surface area contributed by atoms with Gasteiger partial charge in [-0.15, -0.1) is 0 Å². The van der Waals surface area contributed by atoms with Gasteiger partial charge < -0.3 is 0 Å². The van der Waals surface area contributed by atoms with Crippen molar-refractivity contribution in [3.05, 3.63) is 95.8 Å². The first-order chi connectivity index (χ1) is 11.7. The maximum absolute atomic E-state index is 13.9. The zero-order valence-electron chi connectivity index (χ0n) is 12.8. The van der Waals surface area contributed by atoms with Gasteiger partial charge in [-0.25, -0.2) is 9.87 Å². The normalized spacial score (nSPS) is 11.8. The lowest BCUT2D eigenvalue weighted by Crippen LogP contribution is -2.27. The highest BCUT2D eigenvalue weighted by Crippen LogP contribution is 2.28. The highest BCUT2D eigenvalue weighted by atomic mass is 19.1. The molecule has 120 valence electrons. The Hall–Kier alpha value is -2.98. The maximum Gasteiger partial charge on any atom is 0.255 e. The van der Waals surface area contributed by atoms with Gasteiger partial charge in [0.05, 0.1) is 5.92 Å². The summed E-state index contributed by atoms with van der Waals surface area (Å²) < 4.78 is 13.9. The van der Waals surface area contributed by atoms with E-state index in [4.69, 9.17) is 5.21 Å². The van der Waals surface area contributed by atoms with Gasteiger partial charge in [0, 0.05) is 5.56 Å². The van der Waals surface area contributed by atoms with Gasteiger partial charge in [-0.1, -0.05) is 72.8 Å². The summed E-state index contributed by atoms with van der Waals surface area (Å²) in [7, 11) is 0. The Balaban J connectivity index is 1.98. The van der Waals surface area contributed by atoms with Gasteiger partial charge in [-0.2, -0.15) is 0 Å². The van der Waals surface area contributed by atoms with Crippen LogP contribution in [0.4, 0.5) is 4.39 Å². The van der Waals surface area contributed by atoms with Crippen LogP contribution in [0.2, 0.25) is 0 Å². The lowest BCUT2D eigenvalue weighted by molar-refractivity contribution is -0.129. The van der Waals surface area contributed by atoms with Crippen LogP contribution in [0.15, 0.2) is 78.9 Å². The fraction of sp³-hybridized carbons (Fsp3) is 0.0500. The Kier molecular flexibility index (Phi) is 4.68. The Morgan fingerprint density at radius 3 is 2.04 bits per heavy atom. The van der Waals surface area contributed by atoms with E-state index in [1.165, 1.54) is 6.07 Å². The zero-order chi connectivity index (χ0) is 16.9. The monoisotopic (exact) mass is 321 g/mol. The number of hydroxylamine groups is 1. The van der Waals surface area contributed by atoms with Crippen molar-refractivity contribution >= 4 is 5.91 Å². The van der Waals surface area contributed by atoms with Crippen LogP contribution in [0.1, 0.15) is 17.0 Å². The molecule has 1 unspecified atom stereocenters. The highest BCUT2D eigenvalue weighted by molar-refractivity contribution is 5.86. The topological polar surface area (TPSA) is 49.3 Å². The van der Waals surface area contributed by atoms with Crippen LogP contribution in [-0.4, -0.2) is 11.1 Å². The zero-order valence-corrected chi connectivity index (χ0v) is 12.8. The van der Waals surface area contributed by atoms with Crippen LogP contribution in [0.5, 0.6) is 0 Å². The predicted octanol–water partition coefficient (Wildman–Crippen LogP) is 4.13. The van der Waals surface area contributed by atoms with Crippen LogP contribution < -0.4 is 5.48 Å². The largest absolute Gasteiger partial charge is 0.289 e. The molecule has 0 radical (unpaired) electrons. The number of nitrogens with one attached hydrogen (secondary N) is 1. The molecule has 4 heteroatoms. The van der Waals surface area contributed by atoms with Crippen molar-refractivity contribution in [3.8, 4) is 11.1 Å². The molecular weight excluding hydrogens is 305 g/mol. The molecular formula is C20H16FNO2. The first-order valence-corrected chi connectivity index (χ1v) is 7.54. The predicted molar refractivity (Wildman–Crippen MR) is 90.1 cm³/mol. The third-order valence-corrected chi connectivity index (χ3v) is 3.93. The number of benzene rings is 3. The number of halogens is 1. The van der Waals surface area contributed by atoms with Crippen molar-refractivity contribution in [2.45, 2.75) is 5.92 Å². The highest BCUT2D eigenvalue weighted by Gasteiger charge is 2.22. The average Bonchev–Trinajstić information content (AvgIpc) is 2.64. The number of rotatable bonds is 4. The molecule has 3 aromatic rings. The number of carbonyl (C=O) groups excluding carboxylic acids is 1. The second-order valence-electron chi connectivity index (χ2n) is 5.42. The van der Waals surface area contributed by atoms with Gasteiger partial charge in [-0.3, -0.25) is 10.0 Å². The van der Waals surface area contributed by atoms with Crippen molar-refractivity contribution in [1.29, 1.82) is 0 Å². The lowest BCUT2D eigenvalue weighted by atomic mass is 9.89. The quantitative estimate of drug-likeness (QED) is 0.561. The first kappa shape index (κ1) is 15.9. The molecule has 0 aliphatic carbocycles. The maximum atomic E-state index is 13.9. The molecule has 0 heterocycles. The summed E-state index contributed by atoms with van der Waals surface area (Å²) >= 11 is 0. The SMILES string of the molecule is O=C(NO)C(c1ccccc1)c1ccc(-c2ccccc2F)cc1. The third-order valence-electron chi connectivity index (χ3n) is 3.93. The second-order valence-corrected chi connectivity index (χ2v) is 5.42. The molecule has 0 aromatic heterocycles. The molecule has 2 N–H and O–H groups in total. The number of carbonyl (C=O) groups is 1. The van der Waals surface area contributed by atoms with E-state index < -0.39 is 11.8 Å². The number of hydrogen-bond acceptors (Lipinski definition) is 2. The molecule has 0 spiro atoms. The third kappa shape index (κ3) is 3.19. The van der Waals surface area contributed by atoms with Crippen molar-refractivity contribution < 1.29 is 14.4 Å². The van der Waals surface area contributed by atoms with Gasteiger partial charge in [0.2, 0.25) is 0 Å². The van der Waals surface area contributed by atoms with E-state index in [-0.39, 0.29) is 5.82 Å². The van der Waals surface area contributed by atoms with Crippen LogP contribution in [0.3, 0.4) is 0 Å². The van der Waals surface area contributed by atoms with E-state index in [0.29, 0.717) is 11.1 Å². The molecule has 0 aliphatic heterocycles. The number of hydrogen-bond donors (Lipinski definition) is 2. The van der Waals surface area contributed by atoms with E-state index in [1.54, 1.807) is 47.9 Å². The summed E-state index contributed by atoms with van der Waals surface area (Å²) in [6.45, 7) is 0. The minimum absolute atomic E-state index is 0.294. The Morgan fingerprint density at radius 2 is 1.42 bits per heavy atom. The molecule has 1 amide bonds. The van der Waals surface area contributed by atoms with Crippen molar-refractivity contribution in [2.24, 2.45) is 0 Å². The standard InChI is InChI=1S/C20H16FNO2/c21-18-9-5-4-8-17(18)14-10-12-16(13-11-14)19(20(23)22-24)15-6-2-1-3-7-15/h1-13,19,24H,(H,22,23). The van der Waals surface area contributed by atoms with E-state index in [1.807, 2.05) is 30.3 Å². The van der Waals surface area contributed by atoms with Crippen molar-refractivity contribution in [2.75, 3.05) is 0 Å². The second kappa shape index (κ2) is 7.06. The minimum atomic E-state index is -0.633. The fourth-order valence-electron chi connectivity index (χ4n) is 2.76. The Morgan fingerprint density at radius 1 is 0.833 bits per heavy atom. The van der Waals surface area contributed by atoms with Gasteiger partial charge in [-0.05, 0) is 22.8 Å². The average molecular weight is 321 g/mol. The fourth-order valence-corrected chi connectivity index (χ4v) is 2.76. The van der Waals surface area contributed by atoms with E-state index in [0.717, 1.165) is 11.1 Å². The summed E-state index contributed by atoms with van der Waals surface area (Å²) in [5.74, 6) is -1.44. The lowest BCUT2D eigenvalue weighted by Gasteiger charge is -2.16. The molecule has 0 saturated heterocycles. The first-order valence-electron chi connectivity index (χ1n) is 7.54. The Bertz CT molecular complexity index is 832. The molecule has 3 aromatic carbocycles. The number of amides is 1. The van der Waals surface area contributed by atoms with Crippen LogP contribution in [0.25, 0.3) is 11.1 Å². The van der Waals surface area contributed by atoms with E-state index in [2.05, 4.69) is 0 Å². The van der Waals surface area contributed by atoms with E-state index >= 15 is 0 Å². The van der Waals surface area contributed by atoms with Crippen LogP contribution >= 0.6 is 0 Å². The van der Waals surface area contributed by atoms with Crippen LogP contribution in [-0.2, 0) is 4.79 Å². The summed E-state index contributed by atoms with van der Waals surface area (Å²) in [5.41, 5.74) is 4.44. The molecule has 3 nitrogen and oxygen atoms in total. The molecule has 3 rings (SSSR count). The Labute approximate surface area is 139 Å². The molecule has 0 aliphatic rings. The summed E-state index contributed by atoms with van der Waals surface area (Å²) in [5, 5.41) is 9.05. The molecule has 0 bridgehead atoms. The van der Waals surface area contributed by atoms with Gasteiger partial charge in [0.25, 0.3) is 5.91 Å². The van der Waals surface area contributed by atoms with Gasteiger partial charge in [0.1, 0.15) is 5.82 Å². The molecule has 24 heavy (non-hydrogen) atoms. The van der Waals surface area contributed by atoms with Crippen molar-refractivity contribution in [3.63, 3.8) is 0 Å². The van der Waals surface area contributed by atoms with E-state index in [9.17, 15) is 9.18 Å². The van der Waals surface area contributed by atoms with Gasteiger partial charge >= 0.3 is 0 Å². The molecule has 0 saturated carbocycles. The van der Waals surface area contributed by atoms with Crippen molar-refractivity contribution in [1.82, 2.24) is 5.48 Å². The smallest absolute Gasteiger partial charge is 0.255 e. The minimum Gasteiger partial charge on any atom is -0.289 e. The molecule has 1 atom stereocenters. The molecule has 0 fully saturated rings. The summed E-state index contributed by atoms with van der Waals surface area (Å²) in [6, 6.07) is 22.8. The van der Waals surface area contributed by atoms with Crippen LogP contribution in [0, 0.1) is 5.82 Å². The summed E-state index contributed by atoms with van der Waals surface area (Å²) in [6.07, 6.45) is 0. The van der Waals surface area contributed by atoms with Gasteiger partial charge in [0.15, 0.2) is 0 Å².